The van der Waals surface area contributed by atoms with Gasteiger partial charge in [-0.25, -0.2) is 0 Å². The topological polar surface area (TPSA) is 20.2 Å². The third kappa shape index (κ3) is 2.65. The summed E-state index contributed by atoms with van der Waals surface area (Å²) in [7, 11) is 0. The quantitative estimate of drug-likeness (QED) is 0.592. The van der Waals surface area contributed by atoms with Gasteiger partial charge in [-0.3, -0.25) is 0 Å². The molecule has 0 aromatic rings. The first-order valence-corrected chi connectivity index (χ1v) is 11.1. The van der Waals surface area contributed by atoms with Crippen LogP contribution in [0.15, 0.2) is 11.3 Å². The second kappa shape index (κ2) is 6.06. The molecule has 1 atom stereocenters. The maximum Gasteiger partial charge on any atom is 0.0923 e. The second-order valence-corrected chi connectivity index (χ2v) is 10.4. The van der Waals surface area contributed by atoms with Crippen molar-refractivity contribution in [2.75, 3.05) is 0 Å². The normalized spacial score (nSPS) is 46.3. The zero-order chi connectivity index (χ0) is 16.1. The minimum atomic E-state index is 0.454. The molecule has 0 amide bonds. The molecule has 6 aliphatic rings. The first-order chi connectivity index (χ1) is 11.7. The maximum absolute atomic E-state index is 11.0. The van der Waals surface area contributed by atoms with E-state index in [4.69, 9.17) is 0 Å². The fourth-order valence-electron chi connectivity index (χ4n) is 8.12. The Balaban J connectivity index is 1.33. The summed E-state index contributed by atoms with van der Waals surface area (Å²) in [5.74, 6) is 5.54. The summed E-state index contributed by atoms with van der Waals surface area (Å²) in [6.45, 7) is 0. The minimum absolute atomic E-state index is 0.454. The first-order valence-electron chi connectivity index (χ1n) is 11.1. The van der Waals surface area contributed by atoms with E-state index >= 15 is 0 Å². The molecule has 0 aliphatic heterocycles. The predicted octanol–water partition coefficient (Wildman–Crippen LogP) is 6.79. The lowest BCUT2D eigenvalue weighted by Crippen LogP contribution is -2.47. The van der Waals surface area contributed by atoms with Gasteiger partial charge < -0.3 is 5.11 Å². The van der Waals surface area contributed by atoms with Gasteiger partial charge in [-0.1, -0.05) is 44.9 Å². The van der Waals surface area contributed by atoms with Crippen molar-refractivity contribution < 1.29 is 5.11 Å². The van der Waals surface area contributed by atoms with Crippen molar-refractivity contribution in [3.8, 4) is 0 Å². The van der Waals surface area contributed by atoms with Crippen molar-refractivity contribution in [2.45, 2.75) is 96.3 Å². The number of hydrogen-bond donors (Lipinski definition) is 1. The Bertz CT molecular complexity index is 473. The fourth-order valence-corrected chi connectivity index (χ4v) is 8.12. The standard InChI is InChI=1S/C23H36O/c24-22-12-20(19-6-4-2-1-3-5-7-19)11-21(22)23-13-16-8-17(14-23)10-18(9-16)15-23/h16-20,24H,1-15H2. The van der Waals surface area contributed by atoms with Crippen molar-refractivity contribution in [1.82, 2.24) is 0 Å². The molecule has 0 spiro atoms. The third-order valence-electron chi connectivity index (χ3n) is 8.77. The Hall–Kier alpha value is -0.460. The van der Waals surface area contributed by atoms with E-state index in [0.717, 1.165) is 41.8 Å². The summed E-state index contributed by atoms with van der Waals surface area (Å²) < 4.78 is 0. The van der Waals surface area contributed by atoms with Gasteiger partial charge in [0.2, 0.25) is 0 Å². The van der Waals surface area contributed by atoms with Crippen molar-refractivity contribution in [2.24, 2.45) is 35.0 Å². The van der Waals surface area contributed by atoms with E-state index in [9.17, 15) is 5.11 Å². The van der Waals surface area contributed by atoms with Gasteiger partial charge in [0, 0.05) is 6.42 Å². The van der Waals surface area contributed by atoms with E-state index in [1.807, 2.05) is 0 Å². The average Bonchev–Trinajstić information content (AvgIpc) is 2.88. The Morgan fingerprint density at radius 2 is 1.21 bits per heavy atom. The molecular formula is C23H36O. The van der Waals surface area contributed by atoms with Crippen LogP contribution in [0.3, 0.4) is 0 Å². The van der Waals surface area contributed by atoms with Crippen molar-refractivity contribution in [3.05, 3.63) is 11.3 Å². The highest BCUT2D eigenvalue weighted by Gasteiger charge is 2.54. The highest BCUT2D eigenvalue weighted by Crippen LogP contribution is 2.65. The van der Waals surface area contributed by atoms with Gasteiger partial charge in [0.15, 0.2) is 0 Å². The molecule has 1 N–H and O–H groups in total. The number of hydrogen-bond acceptors (Lipinski definition) is 1. The van der Waals surface area contributed by atoms with Gasteiger partial charge in [-0.05, 0) is 85.5 Å². The molecule has 1 heteroatoms. The van der Waals surface area contributed by atoms with Gasteiger partial charge in [0.1, 0.15) is 0 Å². The van der Waals surface area contributed by atoms with Crippen LogP contribution in [-0.2, 0) is 0 Å². The van der Waals surface area contributed by atoms with Crippen LogP contribution in [0.5, 0.6) is 0 Å². The maximum atomic E-state index is 11.0. The van der Waals surface area contributed by atoms with Gasteiger partial charge in [-0.2, -0.15) is 0 Å². The second-order valence-electron chi connectivity index (χ2n) is 10.4. The number of allylic oxidation sites excluding steroid dienone is 2. The first kappa shape index (κ1) is 15.8. The molecule has 0 radical (unpaired) electrons. The predicted molar refractivity (Wildman–Crippen MR) is 98.8 cm³/mol. The van der Waals surface area contributed by atoms with E-state index < -0.39 is 0 Å². The van der Waals surface area contributed by atoms with E-state index in [0.29, 0.717) is 5.41 Å². The van der Waals surface area contributed by atoms with Gasteiger partial charge >= 0.3 is 0 Å². The van der Waals surface area contributed by atoms with Crippen LogP contribution in [0, 0.1) is 35.0 Å². The van der Waals surface area contributed by atoms with Crippen LogP contribution in [0.25, 0.3) is 0 Å². The highest BCUT2D eigenvalue weighted by atomic mass is 16.3. The van der Waals surface area contributed by atoms with E-state index in [1.54, 1.807) is 5.57 Å². The smallest absolute Gasteiger partial charge is 0.0923 e. The van der Waals surface area contributed by atoms with Crippen molar-refractivity contribution in [1.29, 1.82) is 0 Å². The summed E-state index contributed by atoms with van der Waals surface area (Å²) in [6, 6.07) is 0. The Labute approximate surface area is 148 Å². The molecule has 0 aromatic carbocycles. The van der Waals surface area contributed by atoms with Gasteiger partial charge in [0.05, 0.1) is 5.76 Å². The van der Waals surface area contributed by atoms with E-state index in [2.05, 4.69) is 0 Å². The Morgan fingerprint density at radius 1 is 0.667 bits per heavy atom. The third-order valence-corrected chi connectivity index (χ3v) is 8.77. The average molecular weight is 329 g/mol. The summed E-state index contributed by atoms with van der Waals surface area (Å²) in [4.78, 5) is 0. The van der Waals surface area contributed by atoms with Crippen LogP contribution in [0.1, 0.15) is 96.3 Å². The van der Waals surface area contributed by atoms with Crippen LogP contribution in [-0.4, -0.2) is 5.11 Å². The molecule has 6 rings (SSSR count). The molecule has 1 unspecified atom stereocenters. The summed E-state index contributed by atoms with van der Waals surface area (Å²) in [5.41, 5.74) is 2.03. The number of aliphatic hydroxyl groups is 1. The lowest BCUT2D eigenvalue weighted by atomic mass is 9.47. The Morgan fingerprint density at radius 3 is 1.79 bits per heavy atom. The van der Waals surface area contributed by atoms with Crippen LogP contribution >= 0.6 is 0 Å². The SMILES string of the molecule is OC1=C(C23CC4CC(CC(C4)C2)C3)CC(C2CCCCCCC2)C1. The lowest BCUT2D eigenvalue weighted by Gasteiger charge is -2.57. The largest absolute Gasteiger partial charge is 0.512 e. The van der Waals surface area contributed by atoms with Crippen LogP contribution in [0.4, 0.5) is 0 Å². The summed E-state index contributed by atoms with van der Waals surface area (Å²) >= 11 is 0. The van der Waals surface area contributed by atoms with Crippen molar-refractivity contribution >= 4 is 0 Å². The van der Waals surface area contributed by atoms with Crippen LogP contribution < -0.4 is 0 Å². The van der Waals surface area contributed by atoms with Gasteiger partial charge in [0.25, 0.3) is 0 Å². The monoisotopic (exact) mass is 328 g/mol. The van der Waals surface area contributed by atoms with Crippen molar-refractivity contribution in [3.63, 3.8) is 0 Å². The lowest BCUT2D eigenvalue weighted by molar-refractivity contribution is -0.0337. The zero-order valence-corrected chi connectivity index (χ0v) is 15.4. The Kier molecular flexibility index (Phi) is 3.98. The fraction of sp³-hybridized carbons (Fsp3) is 0.913. The summed E-state index contributed by atoms with van der Waals surface area (Å²) in [6.07, 6.45) is 21.2. The number of rotatable bonds is 2. The number of aliphatic hydroxyl groups excluding tert-OH is 1. The van der Waals surface area contributed by atoms with Crippen LogP contribution in [0.2, 0.25) is 0 Å². The molecule has 24 heavy (non-hydrogen) atoms. The molecule has 0 aromatic heterocycles. The molecule has 1 nitrogen and oxygen atoms in total. The minimum Gasteiger partial charge on any atom is -0.512 e. The molecule has 6 aliphatic carbocycles. The van der Waals surface area contributed by atoms with E-state index in [-0.39, 0.29) is 0 Å². The molecule has 4 bridgehead atoms. The molecule has 5 saturated carbocycles. The molecular weight excluding hydrogens is 292 g/mol. The summed E-state index contributed by atoms with van der Waals surface area (Å²) in [5, 5.41) is 11.0. The molecule has 134 valence electrons. The molecule has 0 saturated heterocycles. The molecule has 0 heterocycles. The molecule has 5 fully saturated rings. The highest BCUT2D eigenvalue weighted by molar-refractivity contribution is 5.28. The van der Waals surface area contributed by atoms with E-state index in [1.165, 1.54) is 89.9 Å². The van der Waals surface area contributed by atoms with Gasteiger partial charge in [-0.15, -0.1) is 0 Å². The zero-order valence-electron chi connectivity index (χ0n) is 15.4.